The summed E-state index contributed by atoms with van der Waals surface area (Å²) in [5.41, 5.74) is 5.10. The molecule has 0 aromatic heterocycles. The molecule has 0 saturated heterocycles. The van der Waals surface area contributed by atoms with E-state index in [0.717, 1.165) is 11.5 Å². The van der Waals surface area contributed by atoms with Gasteiger partial charge in [0, 0.05) is 17.5 Å². The largest absolute Gasteiger partial charge is 0.497 e. The van der Waals surface area contributed by atoms with Gasteiger partial charge in [0.15, 0.2) is 0 Å². The summed E-state index contributed by atoms with van der Waals surface area (Å²) in [4.78, 5) is 0. The number of ether oxygens (including phenoxy) is 2. The molecule has 28 heavy (non-hydrogen) atoms. The molecule has 2 unspecified atom stereocenters. The van der Waals surface area contributed by atoms with Crippen LogP contribution in [0.15, 0.2) is 54.1 Å². The van der Waals surface area contributed by atoms with Crippen LogP contribution in [0.25, 0.3) is 12.2 Å². The van der Waals surface area contributed by atoms with Crippen molar-refractivity contribution in [1.29, 1.82) is 0 Å². The SMILES string of the molecule is COc1cc(/C=C/c2ccccc2)c(C2C=C(C)CCC2C(C)C)c(OC)c1. The molecule has 2 atom stereocenters. The molecular formula is C26H32O2. The van der Waals surface area contributed by atoms with E-state index in [1.165, 1.54) is 35.1 Å². The highest BCUT2D eigenvalue weighted by Crippen LogP contribution is 2.46. The van der Waals surface area contributed by atoms with Crippen molar-refractivity contribution in [3.63, 3.8) is 0 Å². The standard InChI is InChI=1S/C26H32O2/c1-18(2)23-14-11-19(3)15-24(23)26-21(13-12-20-9-7-6-8-10-20)16-22(27-4)17-25(26)28-5/h6-10,12-13,15-18,23-24H,11,14H2,1-5H3/b13-12+. The third-order valence-electron chi connectivity index (χ3n) is 5.85. The molecule has 1 aliphatic rings. The van der Waals surface area contributed by atoms with Crippen molar-refractivity contribution in [2.24, 2.45) is 11.8 Å². The minimum Gasteiger partial charge on any atom is -0.497 e. The van der Waals surface area contributed by atoms with E-state index < -0.39 is 0 Å². The van der Waals surface area contributed by atoms with E-state index >= 15 is 0 Å². The zero-order chi connectivity index (χ0) is 20.1. The van der Waals surface area contributed by atoms with Crippen LogP contribution in [0.1, 0.15) is 56.2 Å². The Morgan fingerprint density at radius 1 is 1.00 bits per heavy atom. The summed E-state index contributed by atoms with van der Waals surface area (Å²) in [6.45, 7) is 6.92. The summed E-state index contributed by atoms with van der Waals surface area (Å²) in [6, 6.07) is 14.6. The molecule has 0 spiro atoms. The number of rotatable bonds is 6. The summed E-state index contributed by atoms with van der Waals surface area (Å²) in [6.07, 6.45) is 9.24. The fraction of sp³-hybridized carbons (Fsp3) is 0.385. The van der Waals surface area contributed by atoms with Crippen molar-refractivity contribution in [3.8, 4) is 11.5 Å². The molecule has 2 aromatic carbocycles. The fourth-order valence-electron chi connectivity index (χ4n) is 4.29. The van der Waals surface area contributed by atoms with Gasteiger partial charge >= 0.3 is 0 Å². The van der Waals surface area contributed by atoms with Gasteiger partial charge in [0.2, 0.25) is 0 Å². The molecule has 2 nitrogen and oxygen atoms in total. The molecule has 0 amide bonds. The number of methoxy groups -OCH3 is 2. The molecule has 148 valence electrons. The van der Waals surface area contributed by atoms with Gasteiger partial charge < -0.3 is 9.47 Å². The van der Waals surface area contributed by atoms with E-state index in [9.17, 15) is 0 Å². The number of allylic oxidation sites excluding steroid dienone is 2. The van der Waals surface area contributed by atoms with Crippen LogP contribution in [0, 0.1) is 11.8 Å². The Bertz CT molecular complexity index is 846. The lowest BCUT2D eigenvalue weighted by Crippen LogP contribution is -2.22. The quantitative estimate of drug-likeness (QED) is 0.400. The van der Waals surface area contributed by atoms with Crippen molar-refractivity contribution in [2.45, 2.75) is 39.5 Å². The Morgan fingerprint density at radius 3 is 2.39 bits per heavy atom. The first-order chi connectivity index (χ1) is 13.5. The first kappa shape index (κ1) is 20.3. The second kappa shape index (κ2) is 9.14. The van der Waals surface area contributed by atoms with Crippen LogP contribution < -0.4 is 9.47 Å². The van der Waals surface area contributed by atoms with Crippen molar-refractivity contribution in [2.75, 3.05) is 14.2 Å². The predicted molar refractivity (Wildman–Crippen MR) is 119 cm³/mol. The third-order valence-corrected chi connectivity index (χ3v) is 5.85. The molecule has 1 aliphatic carbocycles. The first-order valence-corrected chi connectivity index (χ1v) is 10.2. The molecule has 0 bridgehead atoms. The lowest BCUT2D eigenvalue weighted by Gasteiger charge is -2.34. The van der Waals surface area contributed by atoms with Gasteiger partial charge in [0.1, 0.15) is 11.5 Å². The predicted octanol–water partition coefficient (Wildman–Crippen LogP) is 6.97. The van der Waals surface area contributed by atoms with Gasteiger partial charge in [-0.3, -0.25) is 0 Å². The van der Waals surface area contributed by atoms with E-state index in [0.29, 0.717) is 17.8 Å². The molecule has 0 heterocycles. The molecular weight excluding hydrogens is 344 g/mol. The summed E-state index contributed by atoms with van der Waals surface area (Å²) in [5, 5.41) is 0. The highest BCUT2D eigenvalue weighted by Gasteiger charge is 2.31. The molecule has 2 aromatic rings. The van der Waals surface area contributed by atoms with Gasteiger partial charge in [-0.05, 0) is 48.8 Å². The normalized spacial score (nSPS) is 19.7. The Kier molecular flexibility index (Phi) is 6.61. The van der Waals surface area contributed by atoms with Crippen LogP contribution in [-0.4, -0.2) is 14.2 Å². The zero-order valence-corrected chi connectivity index (χ0v) is 17.7. The molecule has 0 aliphatic heterocycles. The molecule has 0 N–H and O–H groups in total. The number of hydrogen-bond acceptors (Lipinski definition) is 2. The highest BCUT2D eigenvalue weighted by atomic mass is 16.5. The van der Waals surface area contributed by atoms with Crippen LogP contribution in [0.5, 0.6) is 11.5 Å². The number of hydrogen-bond donors (Lipinski definition) is 0. The van der Waals surface area contributed by atoms with Crippen LogP contribution in [-0.2, 0) is 0 Å². The van der Waals surface area contributed by atoms with Gasteiger partial charge in [0.25, 0.3) is 0 Å². The maximum Gasteiger partial charge on any atom is 0.126 e. The summed E-state index contributed by atoms with van der Waals surface area (Å²) >= 11 is 0. The maximum atomic E-state index is 5.85. The molecule has 2 heteroatoms. The number of benzene rings is 2. The van der Waals surface area contributed by atoms with Gasteiger partial charge in [-0.1, -0.05) is 68.0 Å². The van der Waals surface area contributed by atoms with Crippen molar-refractivity contribution >= 4 is 12.2 Å². The lowest BCUT2D eigenvalue weighted by atomic mass is 9.71. The Balaban J connectivity index is 2.14. The van der Waals surface area contributed by atoms with E-state index in [1.54, 1.807) is 14.2 Å². The first-order valence-electron chi connectivity index (χ1n) is 10.2. The summed E-state index contributed by atoms with van der Waals surface area (Å²) < 4.78 is 11.4. The zero-order valence-electron chi connectivity index (χ0n) is 17.7. The summed E-state index contributed by atoms with van der Waals surface area (Å²) in [7, 11) is 3.47. The minimum atomic E-state index is 0.352. The van der Waals surface area contributed by atoms with E-state index in [2.05, 4.69) is 69.3 Å². The van der Waals surface area contributed by atoms with Gasteiger partial charge in [-0.15, -0.1) is 0 Å². The minimum absolute atomic E-state index is 0.352. The van der Waals surface area contributed by atoms with E-state index in [-0.39, 0.29) is 0 Å². The second-order valence-corrected chi connectivity index (χ2v) is 8.06. The van der Waals surface area contributed by atoms with Crippen LogP contribution in [0.4, 0.5) is 0 Å². The average Bonchev–Trinajstić information content (AvgIpc) is 2.71. The monoisotopic (exact) mass is 376 g/mol. The van der Waals surface area contributed by atoms with Gasteiger partial charge in [-0.25, -0.2) is 0 Å². The van der Waals surface area contributed by atoms with Crippen molar-refractivity contribution in [1.82, 2.24) is 0 Å². The Morgan fingerprint density at radius 2 is 1.75 bits per heavy atom. The van der Waals surface area contributed by atoms with Crippen LogP contribution in [0.3, 0.4) is 0 Å². The Labute approximate surface area is 169 Å². The van der Waals surface area contributed by atoms with Gasteiger partial charge in [-0.2, -0.15) is 0 Å². The van der Waals surface area contributed by atoms with E-state index in [1.807, 2.05) is 12.1 Å². The Hall–Kier alpha value is -2.48. The highest BCUT2D eigenvalue weighted by molar-refractivity contribution is 5.74. The smallest absolute Gasteiger partial charge is 0.126 e. The lowest BCUT2D eigenvalue weighted by molar-refractivity contribution is 0.307. The third kappa shape index (κ3) is 4.49. The molecule has 0 radical (unpaired) electrons. The molecule has 3 rings (SSSR count). The maximum absolute atomic E-state index is 5.85. The van der Waals surface area contributed by atoms with E-state index in [4.69, 9.17) is 9.47 Å². The van der Waals surface area contributed by atoms with Crippen molar-refractivity contribution < 1.29 is 9.47 Å². The summed E-state index contributed by atoms with van der Waals surface area (Å²) in [5.74, 6) is 3.31. The van der Waals surface area contributed by atoms with Gasteiger partial charge in [0.05, 0.1) is 14.2 Å². The average molecular weight is 377 g/mol. The van der Waals surface area contributed by atoms with Crippen molar-refractivity contribution in [3.05, 3.63) is 70.8 Å². The fourth-order valence-corrected chi connectivity index (χ4v) is 4.29. The van der Waals surface area contributed by atoms with Crippen LogP contribution >= 0.6 is 0 Å². The van der Waals surface area contributed by atoms with Crippen LogP contribution in [0.2, 0.25) is 0 Å². The topological polar surface area (TPSA) is 18.5 Å². The molecule has 0 saturated carbocycles. The second-order valence-electron chi connectivity index (χ2n) is 8.06. The molecule has 0 fully saturated rings.